The summed E-state index contributed by atoms with van der Waals surface area (Å²) in [6.07, 6.45) is 3.59. The van der Waals surface area contributed by atoms with Crippen LogP contribution in [0.5, 0.6) is 11.5 Å². The Balaban J connectivity index is 1.88. The first-order valence-corrected chi connectivity index (χ1v) is 9.51. The monoisotopic (exact) mass is 407 g/mol. The molecule has 30 heavy (non-hydrogen) atoms. The molecular formula is C23H25N3O4. The van der Waals surface area contributed by atoms with E-state index in [1.807, 2.05) is 42.1 Å². The van der Waals surface area contributed by atoms with Crippen molar-refractivity contribution in [3.63, 3.8) is 0 Å². The van der Waals surface area contributed by atoms with Gasteiger partial charge in [0.05, 0.1) is 20.6 Å². The predicted molar refractivity (Wildman–Crippen MR) is 113 cm³/mol. The van der Waals surface area contributed by atoms with Crippen LogP contribution in [0, 0.1) is 0 Å². The summed E-state index contributed by atoms with van der Waals surface area (Å²) in [4.78, 5) is 29.1. The third-order valence-corrected chi connectivity index (χ3v) is 4.91. The van der Waals surface area contributed by atoms with Crippen molar-refractivity contribution >= 4 is 11.7 Å². The Hall–Kier alpha value is -3.61. The van der Waals surface area contributed by atoms with E-state index in [-0.39, 0.29) is 18.1 Å². The van der Waals surface area contributed by atoms with Crippen molar-refractivity contribution < 1.29 is 19.1 Å². The minimum atomic E-state index is -0.439. The lowest BCUT2D eigenvalue weighted by atomic mass is 10.0. The molecule has 0 aliphatic carbocycles. The summed E-state index contributed by atoms with van der Waals surface area (Å²) in [7, 11) is 5.03. The molecule has 0 aliphatic rings. The maximum atomic E-state index is 13.0. The molecule has 0 fully saturated rings. The number of methoxy groups -OCH3 is 2. The molecule has 1 atom stereocenters. The summed E-state index contributed by atoms with van der Waals surface area (Å²) in [6.45, 7) is 1.49. The van der Waals surface area contributed by atoms with Crippen LogP contribution in [-0.2, 0) is 18.3 Å². The van der Waals surface area contributed by atoms with Gasteiger partial charge in [-0.2, -0.15) is 0 Å². The number of amides is 1. The number of rotatable bonds is 8. The largest absolute Gasteiger partial charge is 0.497 e. The summed E-state index contributed by atoms with van der Waals surface area (Å²) in [5.41, 5.74) is 2.06. The van der Waals surface area contributed by atoms with E-state index in [0.717, 1.165) is 11.3 Å². The van der Waals surface area contributed by atoms with Gasteiger partial charge < -0.3 is 19.4 Å². The van der Waals surface area contributed by atoms with Crippen molar-refractivity contribution in [1.82, 2.24) is 14.9 Å². The van der Waals surface area contributed by atoms with Crippen molar-refractivity contribution in [2.24, 2.45) is 7.05 Å². The summed E-state index contributed by atoms with van der Waals surface area (Å²) < 4.78 is 12.5. The topological polar surface area (TPSA) is 82.4 Å². The fourth-order valence-electron chi connectivity index (χ4n) is 3.27. The smallest absolute Gasteiger partial charge is 0.225 e. The third-order valence-electron chi connectivity index (χ3n) is 4.91. The molecule has 0 bridgehead atoms. The zero-order valence-corrected chi connectivity index (χ0v) is 17.5. The van der Waals surface area contributed by atoms with E-state index in [4.69, 9.17) is 9.47 Å². The first kappa shape index (κ1) is 21.1. The Kier molecular flexibility index (Phi) is 6.51. The molecule has 0 saturated carbocycles. The number of carbonyl (C=O) groups excluding carboxylic acids is 2. The van der Waals surface area contributed by atoms with Gasteiger partial charge in [-0.05, 0) is 42.8 Å². The molecule has 1 heterocycles. The summed E-state index contributed by atoms with van der Waals surface area (Å²) in [6, 6.07) is 12.1. The van der Waals surface area contributed by atoms with Crippen molar-refractivity contribution in [1.29, 1.82) is 0 Å². The second-order valence-corrected chi connectivity index (χ2v) is 6.93. The van der Waals surface area contributed by atoms with Crippen LogP contribution in [0.25, 0.3) is 0 Å². The number of carbonyl (C=O) groups is 2. The normalized spacial score (nSPS) is 11.6. The summed E-state index contributed by atoms with van der Waals surface area (Å²) >= 11 is 0. The quantitative estimate of drug-likeness (QED) is 0.580. The fraction of sp³-hybridized carbons (Fsp3) is 0.261. The molecule has 2 aromatic carbocycles. The molecule has 0 radical (unpaired) electrons. The van der Waals surface area contributed by atoms with Gasteiger partial charge in [-0.3, -0.25) is 9.59 Å². The molecule has 1 amide bonds. The molecule has 156 valence electrons. The summed E-state index contributed by atoms with van der Waals surface area (Å²) in [5.74, 6) is 1.72. The number of nitrogens with one attached hydrogen (secondary N) is 1. The average molecular weight is 407 g/mol. The number of aryl methyl sites for hydroxylation is 1. The van der Waals surface area contributed by atoms with Crippen LogP contribution in [0.3, 0.4) is 0 Å². The molecule has 0 aliphatic heterocycles. The molecule has 1 unspecified atom stereocenters. The van der Waals surface area contributed by atoms with Crippen molar-refractivity contribution in [2.45, 2.75) is 19.4 Å². The molecular weight excluding hydrogens is 382 g/mol. The number of aromatic nitrogens is 2. The predicted octanol–water partition coefficient (Wildman–Crippen LogP) is 3.09. The highest BCUT2D eigenvalue weighted by atomic mass is 16.5. The highest BCUT2D eigenvalue weighted by Crippen LogP contribution is 2.25. The van der Waals surface area contributed by atoms with Gasteiger partial charge in [0.25, 0.3) is 0 Å². The molecule has 3 aromatic rings. The van der Waals surface area contributed by atoms with E-state index in [2.05, 4.69) is 10.3 Å². The van der Waals surface area contributed by atoms with Crippen LogP contribution in [-0.4, -0.2) is 35.5 Å². The number of nitrogens with zero attached hydrogens (tertiary/aromatic N) is 2. The second-order valence-electron chi connectivity index (χ2n) is 6.93. The van der Waals surface area contributed by atoms with E-state index >= 15 is 0 Å². The number of imidazole rings is 1. The molecule has 0 saturated heterocycles. The first-order chi connectivity index (χ1) is 14.4. The summed E-state index contributed by atoms with van der Waals surface area (Å²) in [5, 5.41) is 3.06. The van der Waals surface area contributed by atoms with Crippen LogP contribution in [0.4, 0.5) is 0 Å². The van der Waals surface area contributed by atoms with Crippen LogP contribution >= 0.6 is 0 Å². The minimum absolute atomic E-state index is 0.0663. The van der Waals surface area contributed by atoms with E-state index in [9.17, 15) is 9.59 Å². The lowest BCUT2D eigenvalue weighted by Gasteiger charge is -2.20. The molecule has 7 nitrogen and oxygen atoms in total. The number of benzene rings is 2. The van der Waals surface area contributed by atoms with Crippen molar-refractivity contribution in [3.8, 4) is 11.5 Å². The molecule has 7 heteroatoms. The maximum absolute atomic E-state index is 13.0. The number of Topliss-reactive ketones (excluding diaryl/α,β-unsaturated/α-hetero) is 1. The Labute approximate surface area is 175 Å². The zero-order valence-electron chi connectivity index (χ0n) is 17.5. The van der Waals surface area contributed by atoms with Gasteiger partial charge in [-0.15, -0.1) is 0 Å². The van der Waals surface area contributed by atoms with Gasteiger partial charge in [0.1, 0.15) is 23.4 Å². The minimum Gasteiger partial charge on any atom is -0.497 e. The first-order valence-electron chi connectivity index (χ1n) is 9.51. The van der Waals surface area contributed by atoms with Crippen LogP contribution in [0.1, 0.15) is 40.3 Å². The SMILES string of the molecule is COc1ccc(C(NC(=O)Cc2cc(C(C)=O)ccc2OC)c2nccn2C)cc1. The lowest BCUT2D eigenvalue weighted by Crippen LogP contribution is -2.32. The highest BCUT2D eigenvalue weighted by molar-refractivity contribution is 5.94. The number of hydrogen-bond acceptors (Lipinski definition) is 5. The Bertz CT molecular complexity index is 1040. The van der Waals surface area contributed by atoms with Gasteiger partial charge in [0.15, 0.2) is 5.78 Å². The van der Waals surface area contributed by atoms with E-state index in [0.29, 0.717) is 22.7 Å². The number of hydrogen-bond donors (Lipinski definition) is 1. The van der Waals surface area contributed by atoms with Crippen molar-refractivity contribution in [3.05, 3.63) is 77.4 Å². The van der Waals surface area contributed by atoms with Crippen LogP contribution in [0.15, 0.2) is 54.9 Å². The fourth-order valence-corrected chi connectivity index (χ4v) is 3.27. The Morgan fingerprint density at radius 2 is 1.83 bits per heavy atom. The van der Waals surface area contributed by atoms with E-state index in [1.54, 1.807) is 31.5 Å². The van der Waals surface area contributed by atoms with Crippen LogP contribution in [0.2, 0.25) is 0 Å². The van der Waals surface area contributed by atoms with Crippen LogP contribution < -0.4 is 14.8 Å². The van der Waals surface area contributed by atoms with E-state index in [1.165, 1.54) is 14.0 Å². The molecule has 1 N–H and O–H groups in total. The standard InChI is InChI=1S/C23H25N3O4/c1-15(27)17-7-10-20(30-4)18(13-17)14-21(28)25-22(23-24-11-12-26(23)2)16-5-8-19(29-3)9-6-16/h5-13,22H,14H2,1-4H3,(H,25,28). The third kappa shape index (κ3) is 4.68. The average Bonchev–Trinajstić information content (AvgIpc) is 3.17. The Morgan fingerprint density at radius 1 is 1.10 bits per heavy atom. The maximum Gasteiger partial charge on any atom is 0.225 e. The molecule has 3 rings (SSSR count). The molecule has 1 aromatic heterocycles. The van der Waals surface area contributed by atoms with E-state index < -0.39 is 6.04 Å². The highest BCUT2D eigenvalue weighted by Gasteiger charge is 2.22. The van der Waals surface area contributed by atoms with Gasteiger partial charge in [0, 0.05) is 30.6 Å². The number of ketones is 1. The van der Waals surface area contributed by atoms with Gasteiger partial charge in [-0.25, -0.2) is 4.98 Å². The Morgan fingerprint density at radius 3 is 2.40 bits per heavy atom. The number of ether oxygens (including phenoxy) is 2. The zero-order chi connectivity index (χ0) is 21.7. The van der Waals surface area contributed by atoms with Gasteiger partial charge in [0.2, 0.25) is 5.91 Å². The second kappa shape index (κ2) is 9.26. The van der Waals surface area contributed by atoms with Crippen molar-refractivity contribution in [2.75, 3.05) is 14.2 Å². The van der Waals surface area contributed by atoms with Gasteiger partial charge in [-0.1, -0.05) is 12.1 Å². The lowest BCUT2D eigenvalue weighted by molar-refractivity contribution is -0.121. The molecule has 0 spiro atoms. The van der Waals surface area contributed by atoms with Gasteiger partial charge >= 0.3 is 0 Å².